The lowest BCUT2D eigenvalue weighted by molar-refractivity contribution is -0.122. The van der Waals surface area contributed by atoms with Gasteiger partial charge in [-0.3, -0.25) is 4.79 Å². The molecule has 0 fully saturated rings. The fourth-order valence-electron chi connectivity index (χ4n) is 2.11. The predicted molar refractivity (Wildman–Crippen MR) is 75.2 cm³/mol. The maximum Gasteiger partial charge on any atom is 0.162 e. The van der Waals surface area contributed by atoms with Gasteiger partial charge in [0.1, 0.15) is 6.61 Å². The number of Topliss-reactive ketones (excluding diaryl/α,β-unsaturated/α-hetero) is 1. The van der Waals surface area contributed by atoms with E-state index >= 15 is 0 Å². The molecule has 0 amide bonds. The second-order valence-corrected chi connectivity index (χ2v) is 5.99. The van der Waals surface area contributed by atoms with Gasteiger partial charge < -0.3 is 4.74 Å². The third kappa shape index (κ3) is 3.67. The molecule has 0 aliphatic rings. The summed E-state index contributed by atoms with van der Waals surface area (Å²) in [5, 5.41) is 0. The lowest BCUT2D eigenvalue weighted by atomic mass is 9.83. The van der Waals surface area contributed by atoms with Crippen molar-refractivity contribution < 1.29 is 9.53 Å². The summed E-state index contributed by atoms with van der Waals surface area (Å²) in [7, 11) is 1.56. The Bertz CT molecular complexity index is 416. The number of aryl methyl sites for hydroxylation is 2. The molecule has 1 aromatic rings. The molecule has 2 heteroatoms. The van der Waals surface area contributed by atoms with Crippen molar-refractivity contribution in [3.8, 4) is 0 Å². The molecule has 0 radical (unpaired) electrons. The van der Waals surface area contributed by atoms with Crippen LogP contribution in [0.15, 0.2) is 12.1 Å². The first-order valence-corrected chi connectivity index (χ1v) is 6.37. The second-order valence-electron chi connectivity index (χ2n) is 5.99. The Hall–Kier alpha value is -1.15. The average molecular weight is 248 g/mol. The van der Waals surface area contributed by atoms with Crippen LogP contribution in [0.25, 0.3) is 0 Å². The van der Waals surface area contributed by atoms with Crippen LogP contribution in [0.5, 0.6) is 0 Å². The Morgan fingerprint density at radius 2 is 1.67 bits per heavy atom. The first-order chi connectivity index (χ1) is 8.25. The molecule has 100 valence electrons. The molecular weight excluding hydrogens is 224 g/mol. The highest BCUT2D eigenvalue weighted by molar-refractivity contribution is 5.82. The Balaban J connectivity index is 3.06. The zero-order valence-corrected chi connectivity index (χ0v) is 12.4. The van der Waals surface area contributed by atoms with Crippen LogP contribution in [0.2, 0.25) is 0 Å². The number of rotatable bonds is 4. The summed E-state index contributed by atoms with van der Waals surface area (Å²) in [4.78, 5) is 11.7. The van der Waals surface area contributed by atoms with Crippen LogP contribution < -0.4 is 0 Å². The second kappa shape index (κ2) is 5.66. The molecular formula is C16H24O2. The van der Waals surface area contributed by atoms with Gasteiger partial charge >= 0.3 is 0 Å². The SMILES string of the molecule is COCC(=O)Cc1c(C)cc(C(C)(C)C)cc1C. The van der Waals surface area contributed by atoms with Gasteiger partial charge in [-0.2, -0.15) is 0 Å². The van der Waals surface area contributed by atoms with Gasteiger partial charge in [-0.05, 0) is 41.5 Å². The number of hydrogen-bond acceptors (Lipinski definition) is 2. The van der Waals surface area contributed by atoms with Gasteiger partial charge in [-0.15, -0.1) is 0 Å². The standard InChI is InChI=1S/C16H24O2/c1-11-7-13(16(3,4)5)8-12(2)15(11)9-14(17)10-18-6/h7-8H,9-10H2,1-6H3. The van der Waals surface area contributed by atoms with Crippen LogP contribution in [0.1, 0.15) is 43.0 Å². The fraction of sp³-hybridized carbons (Fsp3) is 0.562. The Labute approximate surface area is 110 Å². The molecule has 0 bridgehead atoms. The quantitative estimate of drug-likeness (QED) is 0.816. The van der Waals surface area contributed by atoms with E-state index in [-0.39, 0.29) is 17.8 Å². The first kappa shape index (κ1) is 14.9. The summed E-state index contributed by atoms with van der Waals surface area (Å²) in [6.45, 7) is 11.0. The smallest absolute Gasteiger partial charge is 0.162 e. The van der Waals surface area contributed by atoms with Crippen LogP contribution in [-0.2, 0) is 21.4 Å². The van der Waals surface area contributed by atoms with E-state index in [9.17, 15) is 4.79 Å². The van der Waals surface area contributed by atoms with E-state index in [1.54, 1.807) is 7.11 Å². The summed E-state index contributed by atoms with van der Waals surface area (Å²) in [5.74, 6) is 0.132. The molecule has 0 atom stereocenters. The van der Waals surface area contributed by atoms with Gasteiger partial charge in [0.25, 0.3) is 0 Å². The van der Waals surface area contributed by atoms with Crippen molar-refractivity contribution in [2.24, 2.45) is 0 Å². The molecule has 0 saturated heterocycles. The van der Waals surface area contributed by atoms with Crippen LogP contribution >= 0.6 is 0 Å². The van der Waals surface area contributed by atoms with E-state index in [2.05, 4.69) is 46.8 Å². The molecule has 18 heavy (non-hydrogen) atoms. The van der Waals surface area contributed by atoms with Gasteiger partial charge in [-0.1, -0.05) is 32.9 Å². The Kier molecular flexibility index (Phi) is 4.69. The fourth-order valence-corrected chi connectivity index (χ4v) is 2.11. The van der Waals surface area contributed by atoms with E-state index < -0.39 is 0 Å². The highest BCUT2D eigenvalue weighted by Gasteiger charge is 2.17. The molecule has 0 aromatic heterocycles. The molecule has 0 heterocycles. The van der Waals surface area contributed by atoms with Crippen molar-refractivity contribution in [2.45, 2.75) is 46.5 Å². The lowest BCUT2D eigenvalue weighted by Crippen LogP contribution is -2.15. The summed E-state index contributed by atoms with van der Waals surface area (Å²) in [6, 6.07) is 4.39. The summed E-state index contributed by atoms with van der Waals surface area (Å²) in [6.07, 6.45) is 0.468. The van der Waals surface area contributed by atoms with Gasteiger partial charge in [0.15, 0.2) is 5.78 Å². The predicted octanol–water partition coefficient (Wildman–Crippen LogP) is 3.36. The van der Waals surface area contributed by atoms with E-state index in [0.29, 0.717) is 6.42 Å². The Morgan fingerprint density at radius 3 is 2.06 bits per heavy atom. The maximum atomic E-state index is 11.7. The van der Waals surface area contributed by atoms with E-state index in [1.165, 1.54) is 16.7 Å². The maximum absolute atomic E-state index is 11.7. The molecule has 0 spiro atoms. The molecule has 0 N–H and O–H groups in total. The molecule has 0 saturated carbocycles. The highest BCUT2D eigenvalue weighted by Crippen LogP contribution is 2.27. The summed E-state index contributed by atoms with van der Waals surface area (Å²) < 4.78 is 4.88. The number of ketones is 1. The zero-order valence-electron chi connectivity index (χ0n) is 12.4. The minimum absolute atomic E-state index is 0.132. The van der Waals surface area contributed by atoms with E-state index in [4.69, 9.17) is 4.74 Å². The monoisotopic (exact) mass is 248 g/mol. The summed E-state index contributed by atoms with van der Waals surface area (Å²) >= 11 is 0. The van der Waals surface area contributed by atoms with Gasteiger partial charge in [0, 0.05) is 13.5 Å². The van der Waals surface area contributed by atoms with E-state index in [0.717, 1.165) is 5.56 Å². The minimum Gasteiger partial charge on any atom is -0.377 e. The van der Waals surface area contributed by atoms with E-state index in [1.807, 2.05) is 0 Å². The van der Waals surface area contributed by atoms with Crippen LogP contribution in [0, 0.1) is 13.8 Å². The van der Waals surface area contributed by atoms with Crippen molar-refractivity contribution in [1.82, 2.24) is 0 Å². The van der Waals surface area contributed by atoms with Crippen molar-refractivity contribution in [1.29, 1.82) is 0 Å². The minimum atomic E-state index is 0.132. The topological polar surface area (TPSA) is 26.3 Å². The number of hydrogen-bond donors (Lipinski definition) is 0. The summed E-state index contributed by atoms with van der Waals surface area (Å²) in [5.41, 5.74) is 5.00. The number of benzene rings is 1. The molecule has 2 nitrogen and oxygen atoms in total. The zero-order chi connectivity index (χ0) is 13.9. The van der Waals surface area contributed by atoms with Crippen molar-refractivity contribution >= 4 is 5.78 Å². The molecule has 0 aliphatic carbocycles. The van der Waals surface area contributed by atoms with Crippen LogP contribution in [-0.4, -0.2) is 19.5 Å². The van der Waals surface area contributed by atoms with Crippen LogP contribution in [0.4, 0.5) is 0 Å². The third-order valence-electron chi connectivity index (χ3n) is 3.24. The Morgan fingerprint density at radius 1 is 1.17 bits per heavy atom. The molecule has 1 rings (SSSR count). The highest BCUT2D eigenvalue weighted by atomic mass is 16.5. The average Bonchev–Trinajstić information content (AvgIpc) is 2.22. The van der Waals surface area contributed by atoms with Gasteiger partial charge in [-0.25, -0.2) is 0 Å². The number of carbonyl (C=O) groups is 1. The lowest BCUT2D eigenvalue weighted by Gasteiger charge is -2.22. The van der Waals surface area contributed by atoms with Gasteiger partial charge in [0.05, 0.1) is 0 Å². The van der Waals surface area contributed by atoms with Crippen LogP contribution in [0.3, 0.4) is 0 Å². The van der Waals surface area contributed by atoms with Gasteiger partial charge in [0.2, 0.25) is 0 Å². The van der Waals surface area contributed by atoms with Crippen molar-refractivity contribution in [2.75, 3.05) is 13.7 Å². The number of methoxy groups -OCH3 is 1. The third-order valence-corrected chi connectivity index (χ3v) is 3.24. The van der Waals surface area contributed by atoms with Crippen molar-refractivity contribution in [3.05, 3.63) is 34.4 Å². The normalized spacial score (nSPS) is 11.7. The molecule has 0 aliphatic heterocycles. The molecule has 0 unspecified atom stereocenters. The number of carbonyl (C=O) groups excluding carboxylic acids is 1. The molecule has 1 aromatic carbocycles. The van der Waals surface area contributed by atoms with Crippen molar-refractivity contribution in [3.63, 3.8) is 0 Å². The number of ether oxygens (including phenoxy) is 1. The largest absolute Gasteiger partial charge is 0.377 e. The first-order valence-electron chi connectivity index (χ1n) is 6.37.